The summed E-state index contributed by atoms with van der Waals surface area (Å²) >= 11 is 6.17. The molecule has 1 aromatic heterocycles. The van der Waals surface area contributed by atoms with Crippen molar-refractivity contribution in [1.82, 2.24) is 4.57 Å². The summed E-state index contributed by atoms with van der Waals surface area (Å²) < 4.78 is 2.09. The van der Waals surface area contributed by atoms with Crippen molar-refractivity contribution in [3.05, 3.63) is 53.3 Å². The van der Waals surface area contributed by atoms with Gasteiger partial charge in [0, 0.05) is 24.4 Å². The maximum Gasteiger partial charge on any atom is 0.0646 e. The fourth-order valence-electron chi connectivity index (χ4n) is 1.79. The minimum absolute atomic E-state index is 0.149. The van der Waals surface area contributed by atoms with E-state index < -0.39 is 0 Å². The van der Waals surface area contributed by atoms with Gasteiger partial charge in [-0.25, -0.2) is 0 Å². The van der Waals surface area contributed by atoms with Crippen LogP contribution in [0.5, 0.6) is 0 Å². The average molecular weight is 235 g/mol. The van der Waals surface area contributed by atoms with Crippen molar-refractivity contribution < 1.29 is 0 Å². The van der Waals surface area contributed by atoms with Crippen LogP contribution >= 0.6 is 11.6 Å². The number of hydrogen-bond acceptors (Lipinski definition) is 1. The molecule has 3 heteroatoms. The lowest BCUT2D eigenvalue weighted by Crippen LogP contribution is -2.19. The molecule has 0 fully saturated rings. The molecule has 0 saturated carbocycles. The van der Waals surface area contributed by atoms with Crippen LogP contribution in [0.4, 0.5) is 0 Å². The van der Waals surface area contributed by atoms with Gasteiger partial charge in [0.15, 0.2) is 0 Å². The Morgan fingerprint density at radius 1 is 1.25 bits per heavy atom. The second-order valence-corrected chi connectivity index (χ2v) is 4.41. The molecule has 16 heavy (non-hydrogen) atoms. The van der Waals surface area contributed by atoms with E-state index in [1.165, 1.54) is 5.69 Å². The van der Waals surface area contributed by atoms with E-state index in [2.05, 4.69) is 10.6 Å². The number of nitrogens with two attached hydrogens (primary N) is 1. The standard InChI is InChI=1S/C13H15ClN2/c1-10(15)9-11-5-4-8-16(11)13-7-3-2-6-12(13)14/h2-8,10H,9,15H2,1H3. The predicted octanol–water partition coefficient (Wildman–Crippen LogP) is 3.02. The number of hydrogen-bond donors (Lipinski definition) is 1. The molecule has 2 N–H and O–H groups in total. The van der Waals surface area contributed by atoms with Gasteiger partial charge in [-0.1, -0.05) is 23.7 Å². The summed E-state index contributed by atoms with van der Waals surface area (Å²) in [5, 5.41) is 0.754. The summed E-state index contributed by atoms with van der Waals surface area (Å²) in [4.78, 5) is 0. The molecule has 0 bridgehead atoms. The van der Waals surface area contributed by atoms with Gasteiger partial charge in [-0.2, -0.15) is 0 Å². The number of rotatable bonds is 3. The highest BCUT2D eigenvalue weighted by Gasteiger charge is 2.07. The maximum atomic E-state index is 6.17. The van der Waals surface area contributed by atoms with Crippen LogP contribution in [0.1, 0.15) is 12.6 Å². The Kier molecular flexibility index (Phi) is 3.32. The largest absolute Gasteiger partial charge is 0.328 e. The first-order valence-electron chi connectivity index (χ1n) is 5.35. The quantitative estimate of drug-likeness (QED) is 0.870. The lowest BCUT2D eigenvalue weighted by atomic mass is 10.2. The normalized spacial score (nSPS) is 12.7. The molecule has 1 aromatic carbocycles. The van der Waals surface area contributed by atoms with E-state index in [-0.39, 0.29) is 6.04 Å². The zero-order valence-electron chi connectivity index (χ0n) is 9.23. The van der Waals surface area contributed by atoms with Gasteiger partial charge in [0.25, 0.3) is 0 Å². The van der Waals surface area contributed by atoms with Crippen LogP contribution in [0.2, 0.25) is 5.02 Å². The molecule has 1 atom stereocenters. The van der Waals surface area contributed by atoms with E-state index >= 15 is 0 Å². The van der Waals surface area contributed by atoms with Crippen LogP contribution in [0.25, 0.3) is 5.69 Å². The van der Waals surface area contributed by atoms with Crippen LogP contribution < -0.4 is 5.73 Å². The van der Waals surface area contributed by atoms with Crippen LogP contribution in [0.3, 0.4) is 0 Å². The zero-order valence-corrected chi connectivity index (χ0v) is 9.98. The van der Waals surface area contributed by atoms with E-state index in [0.29, 0.717) is 0 Å². The van der Waals surface area contributed by atoms with Gasteiger partial charge < -0.3 is 10.3 Å². The molecule has 84 valence electrons. The number of benzene rings is 1. The third-order valence-electron chi connectivity index (χ3n) is 2.48. The summed E-state index contributed by atoms with van der Waals surface area (Å²) in [6.07, 6.45) is 2.86. The van der Waals surface area contributed by atoms with E-state index in [1.807, 2.05) is 43.5 Å². The van der Waals surface area contributed by atoms with E-state index in [4.69, 9.17) is 17.3 Å². The molecule has 1 heterocycles. The van der Waals surface area contributed by atoms with Crippen LogP contribution in [0, 0.1) is 0 Å². The molecule has 0 radical (unpaired) electrons. The van der Waals surface area contributed by atoms with E-state index in [0.717, 1.165) is 17.1 Å². The minimum Gasteiger partial charge on any atom is -0.328 e. The Labute approximate surface area is 101 Å². The first kappa shape index (κ1) is 11.2. The van der Waals surface area contributed by atoms with Crippen molar-refractivity contribution in [2.24, 2.45) is 5.73 Å². The van der Waals surface area contributed by atoms with Crippen LogP contribution in [0.15, 0.2) is 42.6 Å². The van der Waals surface area contributed by atoms with Crippen molar-refractivity contribution in [2.45, 2.75) is 19.4 Å². The fourth-order valence-corrected chi connectivity index (χ4v) is 2.02. The Morgan fingerprint density at radius 2 is 2.00 bits per heavy atom. The number of nitrogens with zero attached hydrogens (tertiary/aromatic N) is 1. The summed E-state index contributed by atoms with van der Waals surface area (Å²) in [5.41, 5.74) is 8.01. The van der Waals surface area contributed by atoms with Gasteiger partial charge in [0.1, 0.15) is 0 Å². The van der Waals surface area contributed by atoms with Gasteiger partial charge in [0.2, 0.25) is 0 Å². The molecule has 2 nitrogen and oxygen atoms in total. The third kappa shape index (κ3) is 2.29. The Balaban J connectivity index is 2.41. The Morgan fingerprint density at radius 3 is 2.69 bits per heavy atom. The maximum absolute atomic E-state index is 6.17. The predicted molar refractivity (Wildman–Crippen MR) is 68.1 cm³/mol. The molecular weight excluding hydrogens is 220 g/mol. The molecular formula is C13H15ClN2. The molecule has 0 aliphatic carbocycles. The lowest BCUT2D eigenvalue weighted by Gasteiger charge is -2.12. The summed E-state index contributed by atoms with van der Waals surface area (Å²) in [6, 6.07) is 12.1. The third-order valence-corrected chi connectivity index (χ3v) is 2.80. The lowest BCUT2D eigenvalue weighted by molar-refractivity contribution is 0.709. The second-order valence-electron chi connectivity index (χ2n) is 4.00. The zero-order chi connectivity index (χ0) is 11.5. The van der Waals surface area contributed by atoms with Crippen molar-refractivity contribution in [1.29, 1.82) is 0 Å². The number of halogens is 1. The monoisotopic (exact) mass is 234 g/mol. The first-order valence-corrected chi connectivity index (χ1v) is 5.73. The number of para-hydroxylation sites is 1. The smallest absolute Gasteiger partial charge is 0.0646 e. The highest BCUT2D eigenvalue weighted by atomic mass is 35.5. The second kappa shape index (κ2) is 4.73. The van der Waals surface area contributed by atoms with Crippen molar-refractivity contribution >= 4 is 11.6 Å². The van der Waals surface area contributed by atoms with Gasteiger partial charge in [0.05, 0.1) is 10.7 Å². The summed E-state index contributed by atoms with van der Waals surface area (Å²) in [7, 11) is 0. The van der Waals surface area contributed by atoms with Gasteiger partial charge >= 0.3 is 0 Å². The summed E-state index contributed by atoms with van der Waals surface area (Å²) in [6.45, 7) is 2.00. The average Bonchev–Trinajstić information content (AvgIpc) is 2.66. The van der Waals surface area contributed by atoms with E-state index in [9.17, 15) is 0 Å². The number of aromatic nitrogens is 1. The molecule has 0 saturated heterocycles. The van der Waals surface area contributed by atoms with Crippen molar-refractivity contribution in [3.63, 3.8) is 0 Å². The van der Waals surface area contributed by atoms with Crippen LogP contribution in [-0.2, 0) is 6.42 Å². The summed E-state index contributed by atoms with van der Waals surface area (Å²) in [5.74, 6) is 0. The molecule has 1 unspecified atom stereocenters. The SMILES string of the molecule is CC(N)Cc1cccn1-c1ccccc1Cl. The van der Waals surface area contributed by atoms with Crippen molar-refractivity contribution in [3.8, 4) is 5.69 Å². The molecule has 0 aliphatic heterocycles. The van der Waals surface area contributed by atoms with Gasteiger partial charge in [-0.15, -0.1) is 0 Å². The van der Waals surface area contributed by atoms with Crippen molar-refractivity contribution in [2.75, 3.05) is 0 Å². The molecule has 2 rings (SSSR count). The highest BCUT2D eigenvalue weighted by molar-refractivity contribution is 6.32. The molecule has 0 aliphatic rings. The van der Waals surface area contributed by atoms with Gasteiger partial charge in [-0.3, -0.25) is 0 Å². The van der Waals surface area contributed by atoms with E-state index in [1.54, 1.807) is 0 Å². The Bertz CT molecular complexity index is 474. The Hall–Kier alpha value is -1.25. The molecule has 0 spiro atoms. The first-order chi connectivity index (χ1) is 7.68. The van der Waals surface area contributed by atoms with Crippen LogP contribution in [-0.4, -0.2) is 10.6 Å². The molecule has 2 aromatic rings. The molecule has 0 amide bonds. The minimum atomic E-state index is 0.149. The fraction of sp³-hybridized carbons (Fsp3) is 0.231. The van der Waals surface area contributed by atoms with Gasteiger partial charge in [-0.05, 0) is 31.2 Å². The topological polar surface area (TPSA) is 30.9 Å². The highest BCUT2D eigenvalue weighted by Crippen LogP contribution is 2.22.